The van der Waals surface area contributed by atoms with Crippen LogP contribution in [0.4, 0.5) is 0 Å². The second kappa shape index (κ2) is 4.10. The summed E-state index contributed by atoms with van der Waals surface area (Å²) in [5.41, 5.74) is 2.45. The van der Waals surface area contributed by atoms with Gasteiger partial charge in [-0.3, -0.25) is 9.89 Å². The highest BCUT2D eigenvalue weighted by Crippen LogP contribution is 2.22. The first-order valence-electron chi connectivity index (χ1n) is 5.78. The van der Waals surface area contributed by atoms with Crippen molar-refractivity contribution in [3.8, 4) is 17.3 Å². The number of nitrogens with one attached hydrogen (secondary N) is 1. The van der Waals surface area contributed by atoms with Gasteiger partial charge in [-0.25, -0.2) is 9.50 Å². The Morgan fingerprint density at radius 1 is 1.32 bits per heavy atom. The van der Waals surface area contributed by atoms with E-state index < -0.39 is 0 Å². The number of fused-ring (bicyclic) bond motifs is 1. The molecule has 3 rings (SSSR count). The van der Waals surface area contributed by atoms with Crippen LogP contribution in [0.1, 0.15) is 11.4 Å². The Bertz CT molecular complexity index is 853. The molecule has 0 fully saturated rings. The number of hydrogen-bond donors (Lipinski definition) is 1. The monoisotopic (exact) mass is 250 g/mol. The van der Waals surface area contributed by atoms with Gasteiger partial charge in [0.1, 0.15) is 11.8 Å². The van der Waals surface area contributed by atoms with Gasteiger partial charge in [0.15, 0.2) is 5.69 Å². The van der Waals surface area contributed by atoms with Crippen LogP contribution < -0.4 is 5.43 Å². The van der Waals surface area contributed by atoms with E-state index in [1.54, 1.807) is 11.4 Å². The molecular formula is C14H10N4O. The Hall–Kier alpha value is -2.87. The zero-order chi connectivity index (χ0) is 13.4. The van der Waals surface area contributed by atoms with Crippen LogP contribution in [0.5, 0.6) is 0 Å². The number of aromatic nitrogens is 3. The summed E-state index contributed by atoms with van der Waals surface area (Å²) >= 11 is 0. The number of hydrogen-bond acceptors (Lipinski definition) is 3. The molecule has 0 spiro atoms. The molecule has 0 saturated heterocycles. The van der Waals surface area contributed by atoms with Gasteiger partial charge in [0, 0.05) is 17.3 Å². The molecule has 0 aliphatic rings. The molecule has 0 unspecified atom stereocenters. The molecule has 2 aromatic heterocycles. The van der Waals surface area contributed by atoms with Gasteiger partial charge in [-0.1, -0.05) is 30.3 Å². The van der Waals surface area contributed by atoms with E-state index in [0.717, 1.165) is 11.3 Å². The predicted molar refractivity (Wildman–Crippen MR) is 70.7 cm³/mol. The van der Waals surface area contributed by atoms with E-state index in [-0.39, 0.29) is 16.8 Å². The van der Waals surface area contributed by atoms with E-state index in [9.17, 15) is 10.1 Å². The zero-order valence-corrected chi connectivity index (χ0v) is 10.2. The van der Waals surface area contributed by atoms with Crippen LogP contribution >= 0.6 is 0 Å². The third-order valence-corrected chi connectivity index (χ3v) is 2.89. The van der Waals surface area contributed by atoms with Crippen molar-refractivity contribution >= 4 is 5.65 Å². The normalized spacial score (nSPS) is 10.5. The van der Waals surface area contributed by atoms with E-state index in [4.69, 9.17) is 0 Å². The highest BCUT2D eigenvalue weighted by atomic mass is 16.1. The topological polar surface area (TPSA) is 73.9 Å². The molecule has 0 bridgehead atoms. The Balaban J connectivity index is 2.47. The highest BCUT2D eigenvalue weighted by Gasteiger charge is 2.16. The van der Waals surface area contributed by atoms with Crippen molar-refractivity contribution < 1.29 is 0 Å². The van der Waals surface area contributed by atoms with Crippen molar-refractivity contribution in [1.29, 1.82) is 5.26 Å². The van der Waals surface area contributed by atoms with Crippen LogP contribution in [0.2, 0.25) is 0 Å². The maximum Gasteiger partial charge on any atom is 0.224 e. The van der Waals surface area contributed by atoms with Crippen LogP contribution in [0.25, 0.3) is 16.9 Å². The molecule has 0 amide bonds. The number of aromatic amines is 1. The molecule has 0 aliphatic heterocycles. The maximum absolute atomic E-state index is 11.9. The average molecular weight is 250 g/mol. The maximum atomic E-state index is 11.9. The summed E-state index contributed by atoms with van der Waals surface area (Å²) in [4.78, 5) is 16.0. The van der Waals surface area contributed by atoms with Gasteiger partial charge < -0.3 is 0 Å². The fraction of sp³-hybridized carbons (Fsp3) is 0.0714. The summed E-state index contributed by atoms with van der Waals surface area (Å²) in [5, 5.41) is 12.3. The van der Waals surface area contributed by atoms with Gasteiger partial charge in [0.05, 0.1) is 0 Å². The summed E-state index contributed by atoms with van der Waals surface area (Å²) in [7, 11) is 0. The molecule has 1 aromatic carbocycles. The molecule has 3 aromatic rings. The van der Waals surface area contributed by atoms with Gasteiger partial charge >= 0.3 is 0 Å². The van der Waals surface area contributed by atoms with Crippen molar-refractivity contribution in [1.82, 2.24) is 14.6 Å². The lowest BCUT2D eigenvalue weighted by Crippen LogP contribution is -2.09. The molecular weight excluding hydrogens is 240 g/mol. The second-order valence-electron chi connectivity index (χ2n) is 4.25. The Labute approximate surface area is 108 Å². The summed E-state index contributed by atoms with van der Waals surface area (Å²) in [6, 6.07) is 12.9. The van der Waals surface area contributed by atoms with Gasteiger partial charge in [0.25, 0.3) is 0 Å². The molecule has 2 heterocycles. The fourth-order valence-corrected chi connectivity index (χ4v) is 2.10. The number of aryl methyl sites for hydroxylation is 1. The van der Waals surface area contributed by atoms with E-state index >= 15 is 0 Å². The molecule has 19 heavy (non-hydrogen) atoms. The van der Waals surface area contributed by atoms with Crippen LogP contribution in [0.15, 0.2) is 41.2 Å². The minimum absolute atomic E-state index is 0.199. The molecule has 5 nitrogen and oxygen atoms in total. The fourth-order valence-electron chi connectivity index (χ4n) is 2.10. The summed E-state index contributed by atoms with van der Waals surface area (Å²) in [5.74, 6) is 0. The van der Waals surface area contributed by atoms with Crippen molar-refractivity contribution in [2.75, 3.05) is 0 Å². The Morgan fingerprint density at radius 3 is 2.74 bits per heavy atom. The van der Waals surface area contributed by atoms with Crippen LogP contribution in [-0.4, -0.2) is 14.6 Å². The number of nitriles is 1. The quantitative estimate of drug-likeness (QED) is 0.716. The third kappa shape index (κ3) is 1.70. The largest absolute Gasteiger partial charge is 0.296 e. The van der Waals surface area contributed by atoms with E-state index in [0.29, 0.717) is 5.69 Å². The summed E-state index contributed by atoms with van der Waals surface area (Å²) < 4.78 is 1.57. The zero-order valence-electron chi connectivity index (χ0n) is 10.2. The lowest BCUT2D eigenvalue weighted by Gasteiger charge is -2.03. The number of imidazole rings is 1. The SMILES string of the molecule is Cc1cc(=O)c2nc(C#N)c(-c3ccccc3)n2[nH]1. The van der Waals surface area contributed by atoms with Crippen LogP contribution in [-0.2, 0) is 0 Å². The first-order valence-corrected chi connectivity index (χ1v) is 5.78. The molecule has 0 saturated carbocycles. The number of rotatable bonds is 1. The molecule has 1 N–H and O–H groups in total. The van der Waals surface area contributed by atoms with Gasteiger partial charge in [0.2, 0.25) is 11.1 Å². The van der Waals surface area contributed by atoms with Crippen molar-refractivity contribution in [2.24, 2.45) is 0 Å². The minimum Gasteiger partial charge on any atom is -0.296 e. The van der Waals surface area contributed by atoms with Crippen LogP contribution in [0, 0.1) is 18.3 Å². The molecule has 0 atom stereocenters. The van der Waals surface area contributed by atoms with Crippen molar-refractivity contribution in [3.05, 3.63) is 58.0 Å². The molecule has 92 valence electrons. The molecule has 5 heteroatoms. The molecule has 0 radical (unpaired) electrons. The lowest BCUT2D eigenvalue weighted by molar-refractivity contribution is 0.900. The van der Waals surface area contributed by atoms with Crippen molar-refractivity contribution in [2.45, 2.75) is 6.92 Å². The number of benzene rings is 1. The number of H-pyrrole nitrogens is 1. The van der Waals surface area contributed by atoms with Gasteiger partial charge in [-0.05, 0) is 6.92 Å². The lowest BCUT2D eigenvalue weighted by atomic mass is 10.1. The first kappa shape index (κ1) is 11.2. The van der Waals surface area contributed by atoms with E-state index in [1.165, 1.54) is 6.07 Å². The minimum atomic E-state index is -0.199. The Kier molecular flexibility index (Phi) is 2.43. The van der Waals surface area contributed by atoms with E-state index in [2.05, 4.69) is 10.1 Å². The first-order chi connectivity index (χ1) is 9.20. The van der Waals surface area contributed by atoms with E-state index in [1.807, 2.05) is 36.4 Å². The predicted octanol–water partition coefficient (Wildman–Crippen LogP) is 1.87. The Morgan fingerprint density at radius 2 is 2.05 bits per heavy atom. The third-order valence-electron chi connectivity index (χ3n) is 2.89. The van der Waals surface area contributed by atoms with Gasteiger partial charge in [-0.15, -0.1) is 0 Å². The van der Waals surface area contributed by atoms with Crippen LogP contribution in [0.3, 0.4) is 0 Å². The number of nitrogens with zero attached hydrogens (tertiary/aromatic N) is 3. The van der Waals surface area contributed by atoms with Crippen molar-refractivity contribution in [3.63, 3.8) is 0 Å². The summed E-state index contributed by atoms with van der Waals surface area (Å²) in [6.07, 6.45) is 0. The molecule has 0 aliphatic carbocycles. The second-order valence-corrected chi connectivity index (χ2v) is 4.25. The highest BCUT2D eigenvalue weighted by molar-refractivity contribution is 5.69. The smallest absolute Gasteiger partial charge is 0.224 e. The average Bonchev–Trinajstić information content (AvgIpc) is 2.78. The summed E-state index contributed by atoms with van der Waals surface area (Å²) in [6.45, 7) is 1.79. The van der Waals surface area contributed by atoms with Gasteiger partial charge in [-0.2, -0.15) is 5.26 Å². The standard InChI is InChI=1S/C14H10N4O/c1-9-7-12(19)14-16-11(8-15)13(18(14)17-9)10-5-3-2-4-6-10/h2-7,17H,1H3.